The van der Waals surface area contributed by atoms with E-state index in [4.69, 9.17) is 5.73 Å². The molecule has 0 radical (unpaired) electrons. The van der Waals surface area contributed by atoms with Crippen LogP contribution in [0.1, 0.15) is 140 Å². The zero-order chi connectivity index (χ0) is 42.5. The van der Waals surface area contributed by atoms with Crippen LogP contribution in [0.25, 0.3) is 0 Å². The van der Waals surface area contributed by atoms with Gasteiger partial charge in [0.1, 0.15) is 23.2 Å². The van der Waals surface area contributed by atoms with Crippen molar-refractivity contribution in [1.82, 2.24) is 61.5 Å². The Kier molecular flexibility index (Phi) is 20.6. The molecule has 13 heteroatoms. The van der Waals surface area contributed by atoms with Crippen LogP contribution in [0.2, 0.25) is 0 Å². The van der Waals surface area contributed by atoms with Crippen molar-refractivity contribution in [2.45, 2.75) is 181 Å². The predicted octanol–water partition coefficient (Wildman–Crippen LogP) is 4.01. The SMILES string of the molecule is CCCCNC1(NCC(C)C)C(NCCC)(NC(C)C)C(NC)(NCC)C(N)N(N2CCCCC2)C(N(CCC)CCC)(N2CCCC2)C1(N(C)C)N(CC)CC. The zero-order valence-corrected chi connectivity index (χ0v) is 40.0. The Hall–Kier alpha value is -0.520. The van der Waals surface area contributed by atoms with E-state index in [-0.39, 0.29) is 6.04 Å². The van der Waals surface area contributed by atoms with E-state index in [0.29, 0.717) is 5.92 Å². The second-order valence-electron chi connectivity index (χ2n) is 18.2. The van der Waals surface area contributed by atoms with Crippen molar-refractivity contribution in [2.75, 3.05) is 99.7 Å². The maximum atomic E-state index is 8.55. The van der Waals surface area contributed by atoms with Gasteiger partial charge in [0.15, 0.2) is 11.4 Å². The third-order valence-electron chi connectivity index (χ3n) is 13.3. The molecule has 6 atom stereocenters. The number of hydrogen-bond donors (Lipinski definition) is 7. The number of likely N-dealkylation sites (tertiary alicyclic amines) is 1. The molecular weight excluding hydrogens is 711 g/mol. The third kappa shape index (κ3) is 8.91. The topological polar surface area (TPSA) is 118 Å². The van der Waals surface area contributed by atoms with E-state index < -0.39 is 34.6 Å². The summed E-state index contributed by atoms with van der Waals surface area (Å²) in [6, 6.07) is 0.0998. The minimum absolute atomic E-state index is 0.0998. The third-order valence-corrected chi connectivity index (χ3v) is 13.3. The minimum atomic E-state index is -0.941. The summed E-state index contributed by atoms with van der Waals surface area (Å²) in [5, 5.41) is 32.0. The van der Waals surface area contributed by atoms with Crippen LogP contribution in [-0.4, -0.2) is 170 Å². The van der Waals surface area contributed by atoms with Crippen molar-refractivity contribution in [3.63, 3.8) is 0 Å². The van der Waals surface area contributed by atoms with Gasteiger partial charge in [0.25, 0.3) is 0 Å². The van der Waals surface area contributed by atoms with Gasteiger partial charge < -0.3 is 5.73 Å². The highest BCUT2D eigenvalue weighted by molar-refractivity contribution is 5.37. The second-order valence-corrected chi connectivity index (χ2v) is 18.2. The van der Waals surface area contributed by atoms with E-state index in [2.05, 4.69) is 159 Å². The fraction of sp³-hybridized carbons (Fsp3) is 1.00. The normalized spacial score (nSPS) is 32.5. The molecule has 0 bridgehead atoms. The van der Waals surface area contributed by atoms with Crippen LogP contribution < -0.4 is 37.6 Å². The first-order valence-corrected chi connectivity index (χ1v) is 24.0. The Bertz CT molecular complexity index is 1110. The molecule has 6 unspecified atom stereocenters. The maximum absolute atomic E-state index is 8.55. The van der Waals surface area contributed by atoms with E-state index in [0.717, 1.165) is 123 Å². The average Bonchev–Trinajstić information content (AvgIpc) is 3.72. The van der Waals surface area contributed by atoms with Gasteiger partial charge >= 0.3 is 0 Å². The van der Waals surface area contributed by atoms with Crippen LogP contribution >= 0.6 is 0 Å². The number of piperidine rings is 1. The number of hydrogen-bond acceptors (Lipinski definition) is 13. The van der Waals surface area contributed by atoms with Crippen LogP contribution in [0.3, 0.4) is 0 Å². The molecule has 3 aliphatic heterocycles. The fourth-order valence-corrected chi connectivity index (χ4v) is 11.6. The Morgan fingerprint density at radius 2 is 1.26 bits per heavy atom. The summed E-state index contributed by atoms with van der Waals surface area (Å²) >= 11 is 0. The van der Waals surface area contributed by atoms with Crippen LogP contribution in [0.5, 0.6) is 0 Å². The summed E-state index contributed by atoms with van der Waals surface area (Å²) < 4.78 is 0. The summed E-state index contributed by atoms with van der Waals surface area (Å²) in [5.41, 5.74) is 4.97. The van der Waals surface area contributed by atoms with Crippen molar-refractivity contribution in [1.29, 1.82) is 0 Å². The van der Waals surface area contributed by atoms with Crippen LogP contribution in [0.15, 0.2) is 0 Å². The van der Waals surface area contributed by atoms with Crippen molar-refractivity contribution in [2.24, 2.45) is 11.7 Å². The van der Waals surface area contributed by atoms with E-state index in [1.54, 1.807) is 0 Å². The van der Waals surface area contributed by atoms with E-state index in [1.165, 1.54) is 19.3 Å². The van der Waals surface area contributed by atoms with Crippen molar-refractivity contribution in [3.05, 3.63) is 0 Å². The van der Waals surface area contributed by atoms with Gasteiger partial charge in [-0.2, -0.15) is 5.01 Å². The molecule has 0 aromatic heterocycles. The molecule has 0 amide bonds. The Labute approximate surface area is 353 Å². The molecule has 3 heterocycles. The molecule has 0 aromatic rings. The van der Waals surface area contributed by atoms with Gasteiger partial charge in [-0.05, 0) is 132 Å². The van der Waals surface area contributed by atoms with Crippen LogP contribution in [0, 0.1) is 5.92 Å². The molecule has 57 heavy (non-hydrogen) atoms. The highest BCUT2D eigenvalue weighted by atomic mass is 15.8. The quantitative estimate of drug-likeness (QED) is 0.0505. The van der Waals surface area contributed by atoms with Crippen molar-refractivity contribution >= 4 is 0 Å². The van der Waals surface area contributed by atoms with Crippen molar-refractivity contribution in [3.8, 4) is 0 Å². The number of nitrogens with one attached hydrogen (secondary N) is 6. The van der Waals surface area contributed by atoms with Gasteiger partial charge in [0.2, 0.25) is 0 Å². The molecule has 13 nitrogen and oxygen atoms in total. The molecule has 0 saturated carbocycles. The summed E-state index contributed by atoms with van der Waals surface area (Å²) in [4.78, 5) is 11.4. The predicted molar refractivity (Wildman–Crippen MR) is 244 cm³/mol. The molecule has 3 aliphatic rings. The smallest absolute Gasteiger partial charge is 0.182 e. The van der Waals surface area contributed by atoms with Crippen LogP contribution in [-0.2, 0) is 0 Å². The van der Waals surface area contributed by atoms with Gasteiger partial charge in [-0.25, -0.2) is 5.01 Å². The lowest BCUT2D eigenvalue weighted by Gasteiger charge is -2.74. The largest absolute Gasteiger partial charge is 0.312 e. The molecule has 8 N–H and O–H groups in total. The highest BCUT2D eigenvalue weighted by Crippen LogP contribution is 2.57. The summed E-state index contributed by atoms with van der Waals surface area (Å²) in [6.45, 7) is 36.6. The molecular formula is C44H97N13. The summed E-state index contributed by atoms with van der Waals surface area (Å²) in [7, 11) is 6.95. The van der Waals surface area contributed by atoms with Crippen molar-refractivity contribution < 1.29 is 0 Å². The molecule has 3 rings (SSSR count). The Balaban J connectivity index is 3.06. The first kappa shape index (κ1) is 50.8. The lowest BCUT2D eigenvalue weighted by molar-refractivity contribution is -0.357. The van der Waals surface area contributed by atoms with Gasteiger partial charge in [-0.1, -0.05) is 75.2 Å². The summed E-state index contributed by atoms with van der Waals surface area (Å²) in [6.07, 6.45) is 10.6. The number of rotatable bonds is 26. The molecule has 3 saturated heterocycles. The molecule has 0 aromatic carbocycles. The summed E-state index contributed by atoms with van der Waals surface area (Å²) in [5.74, 6) is -0.368. The maximum Gasteiger partial charge on any atom is 0.182 e. The monoisotopic (exact) mass is 808 g/mol. The Morgan fingerprint density at radius 1 is 0.684 bits per heavy atom. The number of likely N-dealkylation sites (N-methyl/N-ethyl adjacent to an activating group) is 4. The highest BCUT2D eigenvalue weighted by Gasteiger charge is 2.85. The fourth-order valence-electron chi connectivity index (χ4n) is 11.6. The standard InChI is InChI=1S/C44H97N13/c1-15-22-29-49-42(50-36-37(8)9)41(48-28-16-2,51-38(10)11)40(46-12,47-19-5)39(45)57(56-34-24-23-25-35-56)44(55-32-26-27-33-55,54(30-17-3)31-18-4)43(42,52(13)14)53(20-6)21-7/h37-39,46-51H,15-36,45H2,1-14H3. The Morgan fingerprint density at radius 3 is 1.72 bits per heavy atom. The average molecular weight is 808 g/mol. The van der Waals surface area contributed by atoms with E-state index >= 15 is 0 Å². The molecule has 0 spiro atoms. The van der Waals surface area contributed by atoms with Crippen LogP contribution in [0.4, 0.5) is 0 Å². The molecule has 3 fully saturated rings. The van der Waals surface area contributed by atoms with Gasteiger partial charge in [0, 0.05) is 45.3 Å². The first-order chi connectivity index (χ1) is 27.3. The van der Waals surface area contributed by atoms with Gasteiger partial charge in [-0.3, -0.25) is 51.5 Å². The first-order valence-electron chi connectivity index (χ1n) is 24.0. The molecule has 0 aliphatic carbocycles. The minimum Gasteiger partial charge on any atom is -0.312 e. The number of nitrogens with zero attached hydrogens (tertiary/aromatic N) is 6. The lowest BCUT2D eigenvalue weighted by Crippen LogP contribution is -3.03. The number of hydrazine groups is 1. The van der Waals surface area contributed by atoms with E-state index in [1.807, 2.05) is 0 Å². The van der Waals surface area contributed by atoms with Gasteiger partial charge in [0.05, 0.1) is 0 Å². The number of unbranched alkanes of at least 4 members (excludes halogenated alkanes) is 1. The second kappa shape index (κ2) is 23.1. The molecule has 338 valence electrons. The zero-order valence-electron chi connectivity index (χ0n) is 40.0. The van der Waals surface area contributed by atoms with Gasteiger partial charge in [-0.15, -0.1) is 0 Å². The van der Waals surface area contributed by atoms with E-state index in [9.17, 15) is 0 Å². The number of nitrogens with two attached hydrogens (primary N) is 1. The lowest BCUT2D eigenvalue weighted by atomic mass is 9.67.